The number of esters is 1. The summed E-state index contributed by atoms with van der Waals surface area (Å²) < 4.78 is 52.5. The molecule has 20 atom stereocenters. The minimum absolute atomic E-state index is 0.0117. The van der Waals surface area contributed by atoms with E-state index >= 15 is 0 Å². The van der Waals surface area contributed by atoms with E-state index in [9.17, 15) is 9.59 Å². The van der Waals surface area contributed by atoms with Crippen LogP contribution in [0.15, 0.2) is 60.4 Å². The van der Waals surface area contributed by atoms with Crippen LogP contribution in [-0.2, 0) is 47.5 Å². The van der Waals surface area contributed by atoms with Gasteiger partial charge in [-0.05, 0) is 100 Å². The first kappa shape index (κ1) is 50.2. The van der Waals surface area contributed by atoms with Crippen LogP contribution in [-0.4, -0.2) is 104 Å². The van der Waals surface area contributed by atoms with Crippen LogP contribution in [0.5, 0.6) is 0 Å². The van der Waals surface area contributed by atoms with E-state index in [0.29, 0.717) is 37.5 Å². The van der Waals surface area contributed by atoms with E-state index in [2.05, 4.69) is 79.5 Å². The van der Waals surface area contributed by atoms with Crippen molar-refractivity contribution in [1.82, 2.24) is 0 Å². The zero-order valence-electron chi connectivity index (χ0n) is 41.1. The van der Waals surface area contributed by atoms with E-state index in [-0.39, 0.29) is 121 Å². The lowest BCUT2D eigenvalue weighted by Gasteiger charge is -2.51. The molecule has 6 saturated heterocycles. The van der Waals surface area contributed by atoms with E-state index in [1.807, 2.05) is 25.1 Å². The first-order valence-electron chi connectivity index (χ1n) is 25.4. The largest absolute Gasteiger partial charge is 0.459 e. The highest BCUT2D eigenvalue weighted by Gasteiger charge is 2.56. The van der Waals surface area contributed by atoms with E-state index in [1.165, 1.54) is 5.57 Å². The van der Waals surface area contributed by atoms with Crippen LogP contribution in [0.1, 0.15) is 150 Å². The third-order valence-electron chi connectivity index (χ3n) is 16.2. The smallest absolute Gasteiger partial charge is 0.308 e. The van der Waals surface area contributed by atoms with Gasteiger partial charge in [0.25, 0.3) is 0 Å². The number of ether oxygens (including phenoxy) is 8. The highest BCUT2D eigenvalue weighted by Crippen LogP contribution is 2.46. The van der Waals surface area contributed by atoms with Crippen LogP contribution in [0.4, 0.5) is 0 Å². The number of carbonyl (C=O) groups is 2. The van der Waals surface area contributed by atoms with Gasteiger partial charge in [0.2, 0.25) is 0 Å². The third-order valence-corrected chi connectivity index (χ3v) is 16.2. The van der Waals surface area contributed by atoms with Crippen molar-refractivity contribution in [2.75, 3.05) is 7.11 Å². The molecule has 0 aromatic heterocycles. The highest BCUT2D eigenvalue weighted by molar-refractivity contribution is 5.86. The molecule has 0 saturated carbocycles. The molecule has 0 spiro atoms. The van der Waals surface area contributed by atoms with Crippen LogP contribution in [0.2, 0.25) is 0 Å². The molecular formula is C55H82O10. The van der Waals surface area contributed by atoms with Crippen molar-refractivity contribution in [3.63, 3.8) is 0 Å². The second kappa shape index (κ2) is 22.6. The molecule has 0 N–H and O–H groups in total. The van der Waals surface area contributed by atoms with E-state index in [0.717, 1.165) is 62.5 Å². The van der Waals surface area contributed by atoms with Gasteiger partial charge < -0.3 is 37.9 Å². The van der Waals surface area contributed by atoms with Crippen LogP contribution in [0, 0.1) is 29.6 Å². The first-order chi connectivity index (χ1) is 31.2. The summed E-state index contributed by atoms with van der Waals surface area (Å²) in [4.78, 5) is 28.4. The molecule has 0 radical (unpaired) electrons. The molecule has 6 fully saturated rings. The number of ketones is 1. The van der Waals surface area contributed by atoms with Crippen LogP contribution >= 0.6 is 0 Å². The molecule has 1 aromatic rings. The molecule has 10 heteroatoms. The quantitative estimate of drug-likeness (QED) is 0.0757. The van der Waals surface area contributed by atoms with E-state index < -0.39 is 6.10 Å². The van der Waals surface area contributed by atoms with Gasteiger partial charge in [-0.2, -0.15) is 0 Å². The molecule has 1 aromatic carbocycles. The Morgan fingerprint density at radius 3 is 2.25 bits per heavy atom. The predicted octanol–water partition coefficient (Wildman–Crippen LogP) is 10.4. The molecule has 65 heavy (non-hydrogen) atoms. The number of carbonyl (C=O) groups excluding carboxylic acids is 2. The van der Waals surface area contributed by atoms with Crippen molar-refractivity contribution < 1.29 is 47.5 Å². The van der Waals surface area contributed by atoms with Crippen molar-refractivity contribution in [2.24, 2.45) is 29.6 Å². The zero-order valence-corrected chi connectivity index (χ0v) is 41.1. The Bertz CT molecular complexity index is 1790. The third kappa shape index (κ3) is 12.0. The van der Waals surface area contributed by atoms with Crippen molar-refractivity contribution in [1.29, 1.82) is 0 Å². The predicted molar refractivity (Wildman–Crippen MR) is 251 cm³/mol. The second-order valence-electron chi connectivity index (χ2n) is 21.3. The van der Waals surface area contributed by atoms with Gasteiger partial charge in [-0.15, -0.1) is 5.73 Å². The Morgan fingerprint density at radius 1 is 0.800 bits per heavy atom. The minimum Gasteiger partial charge on any atom is -0.459 e. The standard InChI is InChI=1S/C55H82O10/c1-12-17-44-34(6)26-48-52(62-44)37(9)53(49(61-48)27-35(7)58-11)65-50(57)29-40-21-23-46-51(60-40)38(10)55-54(63-46)36(8)47(64-55)30-43(56)42(39-18-15-14-16-19-39)28-41-25-33(5)45(59-41)22-20-32(4)24-31(3)13-2/h14-16,18-19,32,34-38,40-42,44-49,51-55H,2,5,12,17,20-30H2,1,3-4,6-11H3/t32-,34+,35?,36-,37-,38-,40+,41?,42?,44+,45-,46-,47+,48-,49-,51+,52-,53+,54-,55?/m0/s1. The lowest BCUT2D eigenvalue weighted by Crippen LogP contribution is -2.60. The monoisotopic (exact) mass is 903 g/mol. The lowest BCUT2D eigenvalue weighted by atomic mass is 9.79. The first-order valence-corrected chi connectivity index (χ1v) is 25.4. The zero-order chi connectivity index (χ0) is 46.5. The van der Waals surface area contributed by atoms with Crippen LogP contribution in [0.25, 0.3) is 0 Å². The van der Waals surface area contributed by atoms with Gasteiger partial charge in [-0.1, -0.05) is 91.5 Å². The Balaban J connectivity index is 0.944. The van der Waals surface area contributed by atoms with E-state index in [1.54, 1.807) is 7.11 Å². The molecule has 6 heterocycles. The fraction of sp³-hybridized carbons (Fsp3) is 0.764. The molecule has 0 aliphatic carbocycles. The summed E-state index contributed by atoms with van der Waals surface area (Å²) in [6.45, 7) is 25.5. The number of fused-ring (bicyclic) bond motifs is 3. The summed E-state index contributed by atoms with van der Waals surface area (Å²) in [7, 11) is 1.71. The molecule has 0 bridgehead atoms. The summed E-state index contributed by atoms with van der Waals surface area (Å²) in [6.07, 6.45) is 7.87. The minimum atomic E-state index is -0.448. The normalized spacial score (nSPS) is 39.3. The molecular weight excluding hydrogens is 821 g/mol. The summed E-state index contributed by atoms with van der Waals surface area (Å²) in [6, 6.07) is 10.1. The fourth-order valence-corrected chi connectivity index (χ4v) is 12.2. The van der Waals surface area contributed by atoms with Crippen LogP contribution in [0.3, 0.4) is 0 Å². The molecule has 7 rings (SSSR count). The van der Waals surface area contributed by atoms with Gasteiger partial charge >= 0.3 is 5.97 Å². The van der Waals surface area contributed by atoms with Crippen molar-refractivity contribution in [3.8, 4) is 0 Å². The van der Waals surface area contributed by atoms with E-state index in [4.69, 9.17) is 37.9 Å². The van der Waals surface area contributed by atoms with Gasteiger partial charge in [-0.25, -0.2) is 0 Å². The van der Waals surface area contributed by atoms with Gasteiger partial charge in [0.05, 0.1) is 85.8 Å². The number of methoxy groups -OCH3 is 1. The summed E-state index contributed by atoms with van der Waals surface area (Å²) in [5.41, 5.74) is 6.35. The van der Waals surface area contributed by atoms with Gasteiger partial charge in [0.15, 0.2) is 0 Å². The van der Waals surface area contributed by atoms with Gasteiger partial charge in [-0.3, -0.25) is 9.59 Å². The Hall–Kier alpha value is -2.66. The number of rotatable bonds is 19. The molecule has 10 nitrogen and oxygen atoms in total. The molecule has 4 unspecified atom stereocenters. The maximum Gasteiger partial charge on any atom is 0.308 e. The maximum atomic E-state index is 14.5. The number of allylic oxidation sites excluding steroid dienone is 1. The molecule has 6 aliphatic rings. The SMILES string of the molecule is C=C=C(C)C[C@@H](C)CC[C@@H]1OC(CC(C(=O)C[C@H]2OC3[C@@H](C)[C@H]4O[C@@H](CC(=O)O[C@@H]5[C@@H](C)[C@@H]6O[C@H](CCC)[C@H](C)C[C@@H]6O[C@H]5CC(C)OC)CC[C@@H]4O[C@H]3[C@H]2C)c2ccccc2)CC1=C. The van der Waals surface area contributed by atoms with Crippen molar-refractivity contribution in [2.45, 2.75) is 230 Å². The number of benzene rings is 1. The summed E-state index contributed by atoms with van der Waals surface area (Å²) in [5.74, 6) is 0.536. The summed E-state index contributed by atoms with van der Waals surface area (Å²) >= 11 is 0. The number of hydrogen-bond acceptors (Lipinski definition) is 10. The number of hydrogen-bond donors (Lipinski definition) is 0. The Morgan fingerprint density at radius 2 is 1.52 bits per heavy atom. The highest BCUT2D eigenvalue weighted by atomic mass is 16.6. The summed E-state index contributed by atoms with van der Waals surface area (Å²) in [5, 5.41) is 0. The Labute approximate surface area is 390 Å². The topological polar surface area (TPSA) is 108 Å². The van der Waals surface area contributed by atoms with Gasteiger partial charge in [0.1, 0.15) is 11.9 Å². The van der Waals surface area contributed by atoms with Gasteiger partial charge in [0, 0.05) is 43.6 Å². The maximum absolute atomic E-state index is 14.5. The van der Waals surface area contributed by atoms with Crippen molar-refractivity contribution >= 4 is 11.8 Å². The number of Topliss-reactive ketones (excluding diaryl/α,β-unsaturated/α-hetero) is 1. The second-order valence-corrected chi connectivity index (χ2v) is 21.3. The molecule has 6 aliphatic heterocycles. The molecule has 0 amide bonds. The Kier molecular flexibility index (Phi) is 17.5. The average Bonchev–Trinajstić information content (AvgIpc) is 3.80. The van der Waals surface area contributed by atoms with Crippen LogP contribution < -0.4 is 0 Å². The lowest BCUT2D eigenvalue weighted by molar-refractivity contribution is -0.264. The average molecular weight is 903 g/mol. The molecule has 362 valence electrons. The van der Waals surface area contributed by atoms with Crippen molar-refractivity contribution in [3.05, 3.63) is 65.9 Å². The fourth-order valence-electron chi connectivity index (χ4n) is 12.2.